The van der Waals surface area contributed by atoms with Crippen LogP contribution < -0.4 is 0 Å². The maximum absolute atomic E-state index is 5.78. The Morgan fingerprint density at radius 1 is 0.490 bits per heavy atom. The summed E-state index contributed by atoms with van der Waals surface area (Å²) in [7, 11) is 0. The van der Waals surface area contributed by atoms with E-state index < -0.39 is 0 Å². The molecule has 272 valence electrons. The summed E-state index contributed by atoms with van der Waals surface area (Å²) in [4.78, 5) is 5.69. The molecule has 0 bridgehead atoms. The van der Waals surface area contributed by atoms with E-state index in [-0.39, 0.29) is 16.2 Å². The molecule has 4 aromatic heterocycles. The summed E-state index contributed by atoms with van der Waals surface area (Å²) >= 11 is 11.2. The van der Waals surface area contributed by atoms with Gasteiger partial charge in [-0.1, -0.05) is 151 Å². The van der Waals surface area contributed by atoms with Crippen molar-refractivity contribution in [3.05, 3.63) is 125 Å². The van der Waals surface area contributed by atoms with Gasteiger partial charge < -0.3 is 4.42 Å². The first-order chi connectivity index (χ1) is 22.2. The molecular formula is C44H65ClOS3. The van der Waals surface area contributed by atoms with Gasteiger partial charge in [0.15, 0.2) is 0 Å². The first-order valence-corrected chi connectivity index (χ1v) is 20.1. The number of benzene rings is 1. The summed E-state index contributed by atoms with van der Waals surface area (Å²) in [6.07, 6.45) is 1.71. The molecule has 0 fully saturated rings. The van der Waals surface area contributed by atoms with Crippen LogP contribution in [0.15, 0.2) is 88.9 Å². The molecular weight excluding hydrogens is 676 g/mol. The van der Waals surface area contributed by atoms with Crippen LogP contribution >= 0.6 is 45.6 Å². The minimum Gasteiger partial charge on any atom is -0.469 e. The zero-order valence-corrected chi connectivity index (χ0v) is 36.8. The van der Waals surface area contributed by atoms with E-state index in [1.807, 2.05) is 40.9 Å². The Labute approximate surface area is 318 Å². The summed E-state index contributed by atoms with van der Waals surface area (Å²) in [5.41, 5.74) is 4.10. The molecule has 0 radical (unpaired) electrons. The lowest BCUT2D eigenvalue weighted by Gasteiger charge is -2.18. The van der Waals surface area contributed by atoms with Crippen LogP contribution in [0.5, 0.6) is 0 Å². The molecule has 0 spiro atoms. The summed E-state index contributed by atoms with van der Waals surface area (Å²) in [5, 5.41) is 2.13. The lowest BCUT2D eigenvalue weighted by molar-refractivity contribution is 0.409. The molecule has 49 heavy (non-hydrogen) atoms. The number of hydrogen-bond donors (Lipinski definition) is 0. The van der Waals surface area contributed by atoms with Crippen molar-refractivity contribution in [2.45, 2.75) is 145 Å². The fraction of sp³-hybridized carbons (Fsp3) is 0.500. The van der Waals surface area contributed by atoms with E-state index in [1.165, 1.54) is 30.6 Å². The molecule has 0 amide bonds. The van der Waals surface area contributed by atoms with Crippen molar-refractivity contribution in [1.29, 1.82) is 0 Å². The number of aryl methyl sites for hydroxylation is 2. The number of furan rings is 1. The SMILES string of the molecule is CC(C)(C)c1ccc(Cl)s1.CC(C)(C)c1ccco1.CC(C)(C)c1cccs1.Cc1ccc(C(C)(C)C)cc1.Cc1ccc(C(C)(C)C)s1. The molecule has 1 nitrogen and oxygen atoms in total. The van der Waals surface area contributed by atoms with Gasteiger partial charge in [-0.3, -0.25) is 0 Å². The molecule has 1 aromatic carbocycles. The highest BCUT2D eigenvalue weighted by Crippen LogP contribution is 2.32. The normalized spacial score (nSPS) is 11.9. The second-order valence-electron chi connectivity index (χ2n) is 17.6. The summed E-state index contributed by atoms with van der Waals surface area (Å²) < 4.78 is 6.08. The highest BCUT2D eigenvalue weighted by atomic mass is 35.5. The second-order valence-corrected chi connectivity index (χ2v) is 21.5. The molecule has 5 heteroatoms. The van der Waals surface area contributed by atoms with Gasteiger partial charge in [0.25, 0.3) is 0 Å². The Kier molecular flexibility index (Phi) is 17.4. The van der Waals surface area contributed by atoms with Crippen LogP contribution in [0.1, 0.15) is 140 Å². The number of rotatable bonds is 0. The molecule has 0 aliphatic rings. The third-order valence-corrected chi connectivity index (χ3v) is 11.6. The summed E-state index contributed by atoms with van der Waals surface area (Å²) in [6.45, 7) is 37.4. The highest BCUT2D eigenvalue weighted by Gasteiger charge is 2.17. The van der Waals surface area contributed by atoms with Crippen LogP contribution in [0.2, 0.25) is 4.34 Å². The van der Waals surface area contributed by atoms with E-state index in [4.69, 9.17) is 16.0 Å². The molecule has 4 heterocycles. The highest BCUT2D eigenvalue weighted by molar-refractivity contribution is 7.16. The lowest BCUT2D eigenvalue weighted by Crippen LogP contribution is -2.10. The molecule has 0 saturated heterocycles. The minimum atomic E-state index is 0.156. The third kappa shape index (κ3) is 18.1. The predicted molar refractivity (Wildman–Crippen MR) is 226 cm³/mol. The Morgan fingerprint density at radius 2 is 1.00 bits per heavy atom. The third-order valence-electron chi connectivity index (χ3n) is 7.23. The first-order valence-electron chi connectivity index (χ1n) is 17.2. The van der Waals surface area contributed by atoms with Gasteiger partial charge in [0, 0.05) is 24.9 Å². The van der Waals surface area contributed by atoms with E-state index in [1.54, 1.807) is 17.6 Å². The van der Waals surface area contributed by atoms with Crippen molar-refractivity contribution in [2.75, 3.05) is 0 Å². The Hall–Kier alpha value is -2.11. The zero-order chi connectivity index (χ0) is 37.8. The largest absolute Gasteiger partial charge is 0.469 e. The van der Waals surface area contributed by atoms with Crippen molar-refractivity contribution in [2.24, 2.45) is 0 Å². The number of halogens is 1. The van der Waals surface area contributed by atoms with Crippen LogP contribution in [0, 0.1) is 13.8 Å². The Morgan fingerprint density at radius 3 is 1.24 bits per heavy atom. The predicted octanol–water partition coefficient (Wildman–Crippen LogP) is 16.0. The molecule has 0 unspecified atom stereocenters. The van der Waals surface area contributed by atoms with Crippen LogP contribution in [-0.4, -0.2) is 0 Å². The second kappa shape index (κ2) is 18.9. The minimum absolute atomic E-state index is 0.156. The zero-order valence-electron chi connectivity index (χ0n) is 33.6. The van der Waals surface area contributed by atoms with Crippen molar-refractivity contribution in [3.63, 3.8) is 0 Å². The van der Waals surface area contributed by atoms with E-state index in [2.05, 4.69) is 178 Å². The van der Waals surface area contributed by atoms with Crippen molar-refractivity contribution < 1.29 is 4.42 Å². The molecule has 0 aliphatic carbocycles. The molecule has 5 rings (SSSR count). The maximum atomic E-state index is 5.78. The van der Waals surface area contributed by atoms with E-state index in [0.29, 0.717) is 10.8 Å². The summed E-state index contributed by atoms with van der Waals surface area (Å²) in [5.74, 6) is 1.04. The van der Waals surface area contributed by atoms with Crippen LogP contribution in [0.25, 0.3) is 0 Å². The van der Waals surface area contributed by atoms with E-state index in [0.717, 1.165) is 10.1 Å². The average Bonchev–Trinajstić information content (AvgIpc) is 3.76. The van der Waals surface area contributed by atoms with Crippen molar-refractivity contribution >= 4 is 45.6 Å². The standard InChI is InChI=1S/C11H16.C9H14S.C8H11ClS.C8H12O.C8H12S/c1-9-5-7-10(8-6-9)11(2,3)4;1-7-5-6-8(10-7)9(2,3)4;1-8(2,3)6-4-5-7(9)10-6;2*1-8(2,3)7-5-4-6-9-7/h5-8H,1-4H3;5-6H,1-4H3;4-5H,1-3H3;2*4-6H,1-3H3. The molecule has 5 aromatic rings. The topological polar surface area (TPSA) is 13.1 Å². The van der Waals surface area contributed by atoms with E-state index in [9.17, 15) is 0 Å². The lowest BCUT2D eigenvalue weighted by atomic mass is 9.87. The first kappa shape index (κ1) is 44.9. The average molecular weight is 742 g/mol. The van der Waals surface area contributed by atoms with Gasteiger partial charge in [0.2, 0.25) is 0 Å². The van der Waals surface area contributed by atoms with Gasteiger partial charge in [-0.15, -0.1) is 34.0 Å². The van der Waals surface area contributed by atoms with Crippen molar-refractivity contribution in [1.82, 2.24) is 0 Å². The maximum Gasteiger partial charge on any atom is 0.109 e. The smallest absolute Gasteiger partial charge is 0.109 e. The fourth-order valence-electron chi connectivity index (χ4n) is 4.02. The van der Waals surface area contributed by atoms with Gasteiger partial charge in [-0.25, -0.2) is 0 Å². The van der Waals surface area contributed by atoms with Gasteiger partial charge in [-0.2, -0.15) is 0 Å². The van der Waals surface area contributed by atoms with Gasteiger partial charge in [-0.05, 0) is 88.9 Å². The summed E-state index contributed by atoms with van der Waals surface area (Å²) in [6, 6.07) is 25.4. The Bertz CT molecular complexity index is 1470. The van der Waals surface area contributed by atoms with Crippen LogP contribution in [0.3, 0.4) is 0 Å². The van der Waals surface area contributed by atoms with Gasteiger partial charge in [0.05, 0.1) is 10.6 Å². The molecule has 0 saturated carbocycles. The number of thiophene rings is 3. The van der Waals surface area contributed by atoms with Crippen molar-refractivity contribution in [3.8, 4) is 0 Å². The van der Waals surface area contributed by atoms with Crippen LogP contribution in [0.4, 0.5) is 0 Å². The Balaban J connectivity index is 0.000000307. The van der Waals surface area contributed by atoms with Gasteiger partial charge in [0.1, 0.15) is 5.76 Å². The van der Waals surface area contributed by atoms with Gasteiger partial charge >= 0.3 is 0 Å². The number of hydrogen-bond acceptors (Lipinski definition) is 4. The monoisotopic (exact) mass is 740 g/mol. The quantitative estimate of drug-likeness (QED) is 0.154. The molecule has 0 atom stereocenters. The van der Waals surface area contributed by atoms with E-state index >= 15 is 0 Å². The van der Waals surface area contributed by atoms with Crippen LogP contribution in [-0.2, 0) is 27.1 Å². The molecule has 0 aliphatic heterocycles. The fourth-order valence-corrected chi connectivity index (χ4v) is 6.86. The molecule has 0 N–H and O–H groups in total.